The van der Waals surface area contributed by atoms with Gasteiger partial charge in [0.1, 0.15) is 0 Å². The lowest BCUT2D eigenvalue weighted by atomic mass is 10.3. The van der Waals surface area contributed by atoms with E-state index in [-0.39, 0.29) is 0 Å². The predicted octanol–water partition coefficient (Wildman–Crippen LogP) is 2.08. The van der Waals surface area contributed by atoms with Gasteiger partial charge in [-0.05, 0) is 26.8 Å². The van der Waals surface area contributed by atoms with Gasteiger partial charge in [0.15, 0.2) is 0 Å². The van der Waals surface area contributed by atoms with Crippen LogP contribution in [0.1, 0.15) is 35.9 Å². The van der Waals surface area contributed by atoms with Crippen molar-refractivity contribution in [1.82, 2.24) is 4.57 Å². The maximum Gasteiger partial charge on any atom is 0.337 e. The van der Waals surface area contributed by atoms with Gasteiger partial charge in [-0.2, -0.15) is 0 Å². The number of carboxylic acids is 1. The smallest absolute Gasteiger partial charge is 0.337 e. The first-order valence-corrected chi connectivity index (χ1v) is 3.94. The van der Waals surface area contributed by atoms with Crippen molar-refractivity contribution < 1.29 is 9.90 Å². The zero-order valence-electron chi connectivity index (χ0n) is 7.53. The molecule has 0 bridgehead atoms. The number of hydrogen-bond donors (Lipinski definition) is 1. The molecule has 0 spiro atoms. The van der Waals surface area contributed by atoms with Crippen LogP contribution in [0.3, 0.4) is 0 Å². The van der Waals surface area contributed by atoms with Crippen molar-refractivity contribution in [3.05, 3.63) is 23.5 Å². The van der Waals surface area contributed by atoms with E-state index in [2.05, 4.69) is 0 Å². The third-order valence-corrected chi connectivity index (χ3v) is 1.85. The molecule has 1 aromatic rings. The summed E-state index contributed by atoms with van der Waals surface area (Å²) >= 11 is 0. The molecule has 0 aliphatic carbocycles. The summed E-state index contributed by atoms with van der Waals surface area (Å²) in [6.07, 6.45) is 1.67. The average molecular weight is 167 g/mol. The Morgan fingerprint density at radius 1 is 1.58 bits per heavy atom. The minimum Gasteiger partial charge on any atom is -0.478 e. The number of aromatic carboxylic acids is 1. The molecule has 0 aliphatic rings. The van der Waals surface area contributed by atoms with Crippen LogP contribution in [0.5, 0.6) is 0 Å². The van der Waals surface area contributed by atoms with E-state index < -0.39 is 5.97 Å². The normalized spacial score (nSPS) is 10.7. The first-order chi connectivity index (χ1) is 5.52. The van der Waals surface area contributed by atoms with Crippen LogP contribution in [-0.4, -0.2) is 15.6 Å². The zero-order valence-corrected chi connectivity index (χ0v) is 7.53. The average Bonchev–Trinajstić information content (AvgIpc) is 2.30. The molecule has 0 radical (unpaired) electrons. The molecular weight excluding hydrogens is 154 g/mol. The summed E-state index contributed by atoms with van der Waals surface area (Å²) in [4.78, 5) is 10.6. The Morgan fingerprint density at radius 3 is 2.42 bits per heavy atom. The van der Waals surface area contributed by atoms with Crippen molar-refractivity contribution in [3.63, 3.8) is 0 Å². The molecule has 0 aliphatic heterocycles. The lowest BCUT2D eigenvalue weighted by molar-refractivity contribution is 0.0697. The number of aryl methyl sites for hydroxylation is 1. The van der Waals surface area contributed by atoms with E-state index in [1.807, 2.05) is 25.3 Å². The van der Waals surface area contributed by atoms with Gasteiger partial charge in [-0.15, -0.1) is 0 Å². The van der Waals surface area contributed by atoms with Crippen molar-refractivity contribution in [2.45, 2.75) is 26.8 Å². The highest BCUT2D eigenvalue weighted by Gasteiger charge is 2.09. The van der Waals surface area contributed by atoms with Gasteiger partial charge < -0.3 is 9.67 Å². The Balaban J connectivity index is 3.09. The summed E-state index contributed by atoms with van der Waals surface area (Å²) in [6, 6.07) is 2.00. The second kappa shape index (κ2) is 3.01. The highest BCUT2D eigenvalue weighted by Crippen LogP contribution is 2.13. The minimum absolute atomic E-state index is 0.318. The van der Waals surface area contributed by atoms with E-state index in [1.54, 1.807) is 12.3 Å². The molecule has 12 heavy (non-hydrogen) atoms. The molecule has 0 saturated heterocycles. The summed E-state index contributed by atoms with van der Waals surface area (Å²) in [5, 5.41) is 8.69. The van der Waals surface area contributed by atoms with Crippen LogP contribution < -0.4 is 0 Å². The van der Waals surface area contributed by atoms with E-state index in [9.17, 15) is 4.79 Å². The summed E-state index contributed by atoms with van der Waals surface area (Å²) in [7, 11) is 0. The first-order valence-electron chi connectivity index (χ1n) is 3.94. The maximum atomic E-state index is 10.6. The van der Waals surface area contributed by atoms with Crippen LogP contribution in [0.15, 0.2) is 12.3 Å². The molecule has 3 nitrogen and oxygen atoms in total. The molecule has 1 N–H and O–H groups in total. The van der Waals surface area contributed by atoms with Crippen LogP contribution in [0.2, 0.25) is 0 Å². The van der Waals surface area contributed by atoms with E-state index in [0.29, 0.717) is 11.6 Å². The van der Waals surface area contributed by atoms with Gasteiger partial charge in [0, 0.05) is 17.9 Å². The quantitative estimate of drug-likeness (QED) is 0.732. The van der Waals surface area contributed by atoms with Crippen LogP contribution in [0.4, 0.5) is 0 Å². The largest absolute Gasteiger partial charge is 0.478 e. The molecule has 66 valence electrons. The highest BCUT2D eigenvalue weighted by molar-refractivity contribution is 5.87. The lowest BCUT2D eigenvalue weighted by Crippen LogP contribution is -2.00. The van der Waals surface area contributed by atoms with Crippen molar-refractivity contribution in [1.29, 1.82) is 0 Å². The molecule has 0 amide bonds. The maximum absolute atomic E-state index is 10.6. The number of rotatable bonds is 2. The number of carboxylic acid groups (broad SMARTS) is 1. The van der Waals surface area contributed by atoms with E-state index in [1.165, 1.54) is 0 Å². The first kappa shape index (κ1) is 8.84. The number of carbonyl (C=O) groups is 1. The summed E-state index contributed by atoms with van der Waals surface area (Å²) in [5.41, 5.74) is 1.35. The topological polar surface area (TPSA) is 42.2 Å². The predicted molar refractivity (Wildman–Crippen MR) is 46.5 cm³/mol. The fourth-order valence-electron chi connectivity index (χ4n) is 1.26. The Hall–Kier alpha value is -1.25. The molecule has 1 aromatic heterocycles. The van der Waals surface area contributed by atoms with Crippen molar-refractivity contribution in [2.75, 3.05) is 0 Å². The summed E-state index contributed by atoms with van der Waals surface area (Å²) in [5.74, 6) is -0.863. The van der Waals surface area contributed by atoms with Crippen LogP contribution in [0.25, 0.3) is 0 Å². The Morgan fingerprint density at radius 2 is 2.17 bits per heavy atom. The SMILES string of the molecule is Cc1cc(C(=O)O)cn1C(C)C. The van der Waals surface area contributed by atoms with E-state index in [4.69, 9.17) is 5.11 Å². The molecular formula is C9H13NO2. The molecule has 1 heterocycles. The third-order valence-electron chi connectivity index (χ3n) is 1.85. The van der Waals surface area contributed by atoms with Gasteiger partial charge in [0.25, 0.3) is 0 Å². The Bertz CT molecular complexity index is 299. The van der Waals surface area contributed by atoms with Gasteiger partial charge in [0.2, 0.25) is 0 Å². The molecule has 0 aromatic carbocycles. The van der Waals surface area contributed by atoms with E-state index in [0.717, 1.165) is 5.69 Å². The number of hydrogen-bond acceptors (Lipinski definition) is 1. The van der Waals surface area contributed by atoms with Gasteiger partial charge >= 0.3 is 5.97 Å². The van der Waals surface area contributed by atoms with Gasteiger partial charge in [-0.1, -0.05) is 0 Å². The van der Waals surface area contributed by atoms with Crippen LogP contribution in [0, 0.1) is 6.92 Å². The molecule has 0 unspecified atom stereocenters. The molecule has 0 fully saturated rings. The number of aromatic nitrogens is 1. The molecule has 1 rings (SSSR count). The second-order valence-electron chi connectivity index (χ2n) is 3.18. The minimum atomic E-state index is -0.863. The van der Waals surface area contributed by atoms with Crippen LogP contribution >= 0.6 is 0 Å². The van der Waals surface area contributed by atoms with Crippen molar-refractivity contribution >= 4 is 5.97 Å². The van der Waals surface area contributed by atoms with Crippen molar-refractivity contribution in [3.8, 4) is 0 Å². The zero-order chi connectivity index (χ0) is 9.30. The standard InChI is InChI=1S/C9H13NO2/c1-6(2)10-5-8(9(11)12)4-7(10)3/h4-6H,1-3H3,(H,11,12). The van der Waals surface area contributed by atoms with Crippen molar-refractivity contribution in [2.24, 2.45) is 0 Å². The monoisotopic (exact) mass is 167 g/mol. The fourth-order valence-corrected chi connectivity index (χ4v) is 1.26. The Labute approximate surface area is 71.6 Å². The number of nitrogens with zero attached hydrogens (tertiary/aromatic N) is 1. The molecule has 0 saturated carbocycles. The summed E-state index contributed by atoms with van der Waals surface area (Å²) < 4.78 is 1.95. The van der Waals surface area contributed by atoms with Gasteiger partial charge in [0.05, 0.1) is 5.56 Å². The van der Waals surface area contributed by atoms with E-state index >= 15 is 0 Å². The van der Waals surface area contributed by atoms with Gasteiger partial charge in [-0.3, -0.25) is 0 Å². The highest BCUT2D eigenvalue weighted by atomic mass is 16.4. The Kier molecular flexibility index (Phi) is 2.22. The lowest BCUT2D eigenvalue weighted by Gasteiger charge is -2.08. The van der Waals surface area contributed by atoms with Crippen LogP contribution in [-0.2, 0) is 0 Å². The van der Waals surface area contributed by atoms with Gasteiger partial charge in [-0.25, -0.2) is 4.79 Å². The molecule has 3 heteroatoms. The second-order valence-corrected chi connectivity index (χ2v) is 3.18. The molecule has 0 atom stereocenters. The summed E-state index contributed by atoms with van der Waals surface area (Å²) in [6.45, 7) is 5.96. The third kappa shape index (κ3) is 1.49. The fraction of sp³-hybridized carbons (Fsp3) is 0.444.